The molecule has 5 nitrogen and oxygen atoms in total. The van der Waals surface area contributed by atoms with Crippen LogP contribution in [0.5, 0.6) is 0 Å². The van der Waals surface area contributed by atoms with Crippen LogP contribution >= 0.6 is 0 Å². The molecule has 1 fully saturated rings. The number of ether oxygens (including phenoxy) is 2. The van der Waals surface area contributed by atoms with Gasteiger partial charge in [0.2, 0.25) is 0 Å². The number of nitrogens with zero attached hydrogens (tertiary/aromatic N) is 2. The maximum atomic E-state index is 6.02. The van der Waals surface area contributed by atoms with Crippen LogP contribution in [-0.4, -0.2) is 43.3 Å². The van der Waals surface area contributed by atoms with E-state index in [1.54, 1.807) is 0 Å². The maximum absolute atomic E-state index is 6.02. The summed E-state index contributed by atoms with van der Waals surface area (Å²) in [5.41, 5.74) is 5.30. The number of fused-ring (bicyclic) bond motifs is 1. The van der Waals surface area contributed by atoms with Crippen LogP contribution < -0.4 is 5.32 Å². The van der Waals surface area contributed by atoms with Crippen LogP contribution in [0.4, 0.5) is 0 Å². The van der Waals surface area contributed by atoms with Gasteiger partial charge >= 0.3 is 0 Å². The monoisotopic (exact) mass is 407 g/mol. The van der Waals surface area contributed by atoms with Gasteiger partial charge in [-0.05, 0) is 48.4 Å². The molecule has 0 atom stereocenters. The average molecular weight is 408 g/mol. The highest BCUT2D eigenvalue weighted by Crippen LogP contribution is 2.19. The molecule has 0 unspecified atom stereocenters. The Morgan fingerprint density at radius 2 is 1.80 bits per heavy atom. The molecule has 2 heterocycles. The van der Waals surface area contributed by atoms with E-state index in [-0.39, 0.29) is 0 Å². The van der Waals surface area contributed by atoms with E-state index in [4.69, 9.17) is 14.5 Å². The van der Waals surface area contributed by atoms with Crippen molar-refractivity contribution < 1.29 is 9.47 Å². The molecule has 1 N–H and O–H groups in total. The Balaban J connectivity index is 1.33. The molecule has 2 aromatic rings. The molecule has 2 aliphatic rings. The number of benzene rings is 2. The van der Waals surface area contributed by atoms with Gasteiger partial charge in [-0.1, -0.05) is 48.5 Å². The zero-order valence-electron chi connectivity index (χ0n) is 18.0. The Hall–Kier alpha value is -2.37. The summed E-state index contributed by atoms with van der Waals surface area (Å²) in [6.07, 6.45) is 3.41. The van der Waals surface area contributed by atoms with Crippen molar-refractivity contribution in [3.8, 4) is 0 Å². The Morgan fingerprint density at radius 1 is 1.07 bits per heavy atom. The number of guanidine groups is 1. The molecule has 0 aromatic heterocycles. The second-order valence-electron chi connectivity index (χ2n) is 8.05. The summed E-state index contributed by atoms with van der Waals surface area (Å²) in [6.45, 7) is 7.91. The second kappa shape index (κ2) is 10.6. The van der Waals surface area contributed by atoms with Crippen molar-refractivity contribution in [3.05, 3.63) is 70.8 Å². The Bertz CT molecular complexity index is 829. The van der Waals surface area contributed by atoms with E-state index in [1.165, 1.54) is 22.3 Å². The van der Waals surface area contributed by atoms with Gasteiger partial charge < -0.3 is 19.7 Å². The van der Waals surface area contributed by atoms with E-state index in [9.17, 15) is 0 Å². The minimum atomic E-state index is 0.334. The van der Waals surface area contributed by atoms with E-state index in [0.29, 0.717) is 19.3 Å². The third-order valence-electron chi connectivity index (χ3n) is 5.85. The van der Waals surface area contributed by atoms with Crippen molar-refractivity contribution in [2.45, 2.75) is 52.0 Å². The van der Waals surface area contributed by atoms with Gasteiger partial charge in [0.1, 0.15) is 0 Å². The van der Waals surface area contributed by atoms with Crippen LogP contribution in [0.3, 0.4) is 0 Å². The van der Waals surface area contributed by atoms with E-state index in [2.05, 4.69) is 65.7 Å². The molecule has 160 valence electrons. The molecule has 30 heavy (non-hydrogen) atoms. The summed E-state index contributed by atoms with van der Waals surface area (Å²) in [6, 6.07) is 17.4. The highest BCUT2D eigenvalue weighted by Gasteiger charge is 2.18. The SMILES string of the molecule is CCNC(=NCc1ccc(COC2CCOCC2)cc1)N1CCc2ccccc2C1. The lowest BCUT2D eigenvalue weighted by molar-refractivity contribution is -0.0390. The summed E-state index contributed by atoms with van der Waals surface area (Å²) < 4.78 is 11.4. The van der Waals surface area contributed by atoms with E-state index < -0.39 is 0 Å². The predicted octanol–water partition coefficient (Wildman–Crippen LogP) is 3.91. The van der Waals surface area contributed by atoms with Gasteiger partial charge in [0, 0.05) is 32.8 Å². The van der Waals surface area contributed by atoms with Gasteiger partial charge in [-0.25, -0.2) is 4.99 Å². The van der Waals surface area contributed by atoms with Crippen LogP contribution in [0.25, 0.3) is 0 Å². The molecule has 0 bridgehead atoms. The quantitative estimate of drug-likeness (QED) is 0.583. The Morgan fingerprint density at radius 3 is 2.57 bits per heavy atom. The topological polar surface area (TPSA) is 46.1 Å². The lowest BCUT2D eigenvalue weighted by Gasteiger charge is -2.31. The largest absolute Gasteiger partial charge is 0.381 e. The second-order valence-corrected chi connectivity index (χ2v) is 8.05. The smallest absolute Gasteiger partial charge is 0.194 e. The fourth-order valence-electron chi connectivity index (χ4n) is 4.07. The minimum absolute atomic E-state index is 0.334. The minimum Gasteiger partial charge on any atom is -0.381 e. The fraction of sp³-hybridized carbons (Fsp3) is 0.480. The first-order chi connectivity index (χ1) is 14.8. The first kappa shape index (κ1) is 20.9. The number of hydrogen-bond acceptors (Lipinski definition) is 3. The molecule has 1 saturated heterocycles. The third-order valence-corrected chi connectivity index (χ3v) is 5.85. The van der Waals surface area contributed by atoms with Gasteiger partial charge in [-0.3, -0.25) is 0 Å². The standard InChI is InChI=1S/C25H33N3O2/c1-2-26-25(28-14-11-22-5-3-4-6-23(22)18-28)27-17-20-7-9-21(10-8-20)19-30-24-12-15-29-16-13-24/h3-10,24H,2,11-19H2,1H3,(H,26,27). The van der Waals surface area contributed by atoms with Crippen molar-refractivity contribution in [2.75, 3.05) is 26.3 Å². The zero-order valence-corrected chi connectivity index (χ0v) is 18.0. The number of nitrogens with one attached hydrogen (secondary N) is 1. The fourth-order valence-corrected chi connectivity index (χ4v) is 4.07. The highest BCUT2D eigenvalue weighted by atomic mass is 16.5. The molecule has 0 amide bonds. The summed E-state index contributed by atoms with van der Waals surface area (Å²) >= 11 is 0. The summed E-state index contributed by atoms with van der Waals surface area (Å²) in [4.78, 5) is 7.28. The molecular formula is C25H33N3O2. The van der Waals surface area contributed by atoms with Crippen LogP contribution in [0, 0.1) is 0 Å². The Labute approximate surface area is 180 Å². The molecule has 2 aromatic carbocycles. The van der Waals surface area contributed by atoms with Gasteiger partial charge in [0.25, 0.3) is 0 Å². The summed E-state index contributed by atoms with van der Waals surface area (Å²) in [5.74, 6) is 0.999. The normalized spacial score (nSPS) is 17.6. The molecule has 0 radical (unpaired) electrons. The van der Waals surface area contributed by atoms with Crippen molar-refractivity contribution in [1.29, 1.82) is 0 Å². The summed E-state index contributed by atoms with van der Waals surface area (Å²) in [7, 11) is 0. The van der Waals surface area contributed by atoms with Crippen molar-refractivity contribution in [3.63, 3.8) is 0 Å². The molecule has 0 saturated carbocycles. The van der Waals surface area contributed by atoms with Gasteiger partial charge in [-0.15, -0.1) is 0 Å². The molecular weight excluding hydrogens is 374 g/mol. The van der Waals surface area contributed by atoms with Crippen molar-refractivity contribution >= 4 is 5.96 Å². The number of hydrogen-bond donors (Lipinski definition) is 1. The van der Waals surface area contributed by atoms with E-state index in [1.807, 2.05) is 0 Å². The lowest BCUT2D eigenvalue weighted by atomic mass is 10.0. The van der Waals surface area contributed by atoms with Crippen LogP contribution in [0.1, 0.15) is 42.0 Å². The van der Waals surface area contributed by atoms with Crippen molar-refractivity contribution in [2.24, 2.45) is 4.99 Å². The average Bonchev–Trinajstić information content (AvgIpc) is 2.81. The van der Waals surface area contributed by atoms with E-state index in [0.717, 1.165) is 58.1 Å². The van der Waals surface area contributed by atoms with Crippen LogP contribution in [0.15, 0.2) is 53.5 Å². The van der Waals surface area contributed by atoms with Crippen LogP contribution in [-0.2, 0) is 35.6 Å². The first-order valence-electron chi connectivity index (χ1n) is 11.2. The van der Waals surface area contributed by atoms with Gasteiger partial charge in [0.15, 0.2) is 5.96 Å². The number of rotatable bonds is 6. The van der Waals surface area contributed by atoms with Crippen LogP contribution in [0.2, 0.25) is 0 Å². The maximum Gasteiger partial charge on any atom is 0.194 e. The molecule has 4 rings (SSSR count). The Kier molecular flexibility index (Phi) is 7.38. The highest BCUT2D eigenvalue weighted by molar-refractivity contribution is 5.80. The molecule has 0 aliphatic carbocycles. The predicted molar refractivity (Wildman–Crippen MR) is 120 cm³/mol. The third kappa shape index (κ3) is 5.61. The number of aliphatic imine (C=N–C) groups is 1. The zero-order chi connectivity index (χ0) is 20.6. The summed E-state index contributed by atoms with van der Waals surface area (Å²) in [5, 5.41) is 3.47. The van der Waals surface area contributed by atoms with Crippen molar-refractivity contribution in [1.82, 2.24) is 10.2 Å². The molecule has 5 heteroatoms. The van der Waals surface area contributed by atoms with E-state index >= 15 is 0 Å². The lowest BCUT2D eigenvalue weighted by Crippen LogP contribution is -2.44. The molecule has 0 spiro atoms. The van der Waals surface area contributed by atoms with Gasteiger partial charge in [0.05, 0.1) is 19.3 Å². The first-order valence-corrected chi connectivity index (χ1v) is 11.2. The molecule has 2 aliphatic heterocycles. The van der Waals surface area contributed by atoms with Gasteiger partial charge in [-0.2, -0.15) is 0 Å².